The highest BCUT2D eigenvalue weighted by atomic mass is 79.9. The first-order valence-electron chi connectivity index (χ1n) is 7.72. The largest absolute Gasteiger partial charge is 0.242 e. The van der Waals surface area contributed by atoms with Gasteiger partial charge in [0.25, 0.3) is 0 Å². The normalized spacial score (nSPS) is 19.3. The van der Waals surface area contributed by atoms with Crippen molar-refractivity contribution in [2.24, 2.45) is 5.92 Å². The van der Waals surface area contributed by atoms with Crippen LogP contribution in [0.25, 0.3) is 0 Å². The number of hydrogen-bond acceptors (Lipinski definition) is 1. The summed E-state index contributed by atoms with van der Waals surface area (Å²) in [4.78, 5) is 0. The molecule has 0 saturated heterocycles. The lowest BCUT2D eigenvalue weighted by molar-refractivity contribution is 0.174. The summed E-state index contributed by atoms with van der Waals surface area (Å²) in [5, 5.41) is 0. The van der Waals surface area contributed by atoms with E-state index in [4.69, 9.17) is 0 Å². The van der Waals surface area contributed by atoms with Crippen LogP contribution < -0.4 is 0 Å². The van der Waals surface area contributed by atoms with E-state index in [0.29, 0.717) is 12.0 Å². The minimum Gasteiger partial charge on any atom is -0.242 e. The maximum Gasteiger partial charge on any atom is 0.100 e. The first-order chi connectivity index (χ1) is 9.79. The standard InChI is InChI=1S/C17H26BrNOS/c1-13(15-6-5-7-15)19(21(20)17(2,3)4)12-14-8-10-16(18)11-9-14/h8-11,13,15H,5-7,12H2,1-4H3/t13-,21?/m0/s1. The quantitative estimate of drug-likeness (QED) is 0.720. The molecule has 0 amide bonds. The van der Waals surface area contributed by atoms with Crippen LogP contribution in [0, 0.1) is 5.92 Å². The topological polar surface area (TPSA) is 20.3 Å². The molecule has 2 rings (SSSR count). The van der Waals surface area contributed by atoms with Gasteiger partial charge in [0.1, 0.15) is 11.0 Å². The summed E-state index contributed by atoms with van der Waals surface area (Å²) in [6.45, 7) is 9.18. The van der Waals surface area contributed by atoms with E-state index in [-0.39, 0.29) is 4.75 Å². The molecule has 0 aromatic heterocycles. The van der Waals surface area contributed by atoms with Gasteiger partial charge >= 0.3 is 0 Å². The van der Waals surface area contributed by atoms with E-state index in [0.717, 1.165) is 11.0 Å². The van der Waals surface area contributed by atoms with Crippen molar-refractivity contribution in [3.63, 3.8) is 0 Å². The van der Waals surface area contributed by atoms with Gasteiger partial charge in [-0.3, -0.25) is 0 Å². The van der Waals surface area contributed by atoms with Crippen LogP contribution in [0.5, 0.6) is 0 Å². The molecule has 0 heterocycles. The number of benzene rings is 1. The van der Waals surface area contributed by atoms with Gasteiger partial charge in [-0.2, -0.15) is 0 Å². The molecule has 118 valence electrons. The molecule has 2 nitrogen and oxygen atoms in total. The van der Waals surface area contributed by atoms with Gasteiger partial charge in [0.2, 0.25) is 0 Å². The van der Waals surface area contributed by atoms with Gasteiger partial charge in [-0.25, -0.2) is 8.51 Å². The van der Waals surface area contributed by atoms with E-state index in [2.05, 4.69) is 72.2 Å². The lowest BCUT2D eigenvalue weighted by Gasteiger charge is -2.40. The van der Waals surface area contributed by atoms with E-state index in [1.54, 1.807) is 0 Å². The Kier molecular flexibility index (Phi) is 5.66. The highest BCUT2D eigenvalue weighted by Crippen LogP contribution is 2.34. The maximum absolute atomic E-state index is 12.9. The molecule has 0 aliphatic heterocycles. The van der Waals surface area contributed by atoms with Crippen molar-refractivity contribution in [1.29, 1.82) is 0 Å². The summed E-state index contributed by atoms with van der Waals surface area (Å²) in [7, 11) is -0.978. The summed E-state index contributed by atoms with van der Waals surface area (Å²) in [6, 6.07) is 8.72. The second kappa shape index (κ2) is 6.93. The van der Waals surface area contributed by atoms with E-state index < -0.39 is 11.0 Å². The molecule has 0 bridgehead atoms. The Morgan fingerprint density at radius 2 is 1.86 bits per heavy atom. The Morgan fingerprint density at radius 3 is 2.29 bits per heavy atom. The van der Waals surface area contributed by atoms with Gasteiger partial charge < -0.3 is 0 Å². The molecule has 0 N–H and O–H groups in total. The molecule has 1 unspecified atom stereocenters. The number of rotatable bonds is 5. The second-order valence-electron chi connectivity index (χ2n) is 6.99. The van der Waals surface area contributed by atoms with Gasteiger partial charge in [0, 0.05) is 17.1 Å². The fourth-order valence-corrected chi connectivity index (χ4v) is 4.34. The van der Waals surface area contributed by atoms with Crippen molar-refractivity contribution < 1.29 is 4.21 Å². The van der Waals surface area contributed by atoms with Crippen LogP contribution in [0.2, 0.25) is 0 Å². The van der Waals surface area contributed by atoms with Crippen molar-refractivity contribution in [3.05, 3.63) is 34.3 Å². The zero-order valence-electron chi connectivity index (χ0n) is 13.4. The van der Waals surface area contributed by atoms with Crippen molar-refractivity contribution in [3.8, 4) is 0 Å². The van der Waals surface area contributed by atoms with Gasteiger partial charge in [-0.1, -0.05) is 34.5 Å². The molecular formula is C17H26BrNOS. The molecule has 21 heavy (non-hydrogen) atoms. The number of halogens is 1. The maximum atomic E-state index is 12.9. The molecule has 1 aromatic carbocycles. The van der Waals surface area contributed by atoms with Crippen LogP contribution in [0.4, 0.5) is 0 Å². The second-order valence-corrected chi connectivity index (χ2v) is 10.1. The van der Waals surface area contributed by atoms with E-state index >= 15 is 0 Å². The monoisotopic (exact) mass is 371 g/mol. The third kappa shape index (κ3) is 4.40. The van der Waals surface area contributed by atoms with E-state index in [9.17, 15) is 4.21 Å². The average Bonchev–Trinajstić information content (AvgIpc) is 2.34. The minimum absolute atomic E-state index is 0.215. The number of hydrogen-bond donors (Lipinski definition) is 0. The van der Waals surface area contributed by atoms with E-state index in [1.807, 2.05) is 0 Å². The fraction of sp³-hybridized carbons (Fsp3) is 0.647. The summed E-state index contributed by atoms with van der Waals surface area (Å²) >= 11 is 3.47. The first kappa shape index (κ1) is 17.2. The zero-order chi connectivity index (χ0) is 15.6. The predicted molar refractivity (Wildman–Crippen MR) is 94.4 cm³/mol. The highest BCUT2D eigenvalue weighted by molar-refractivity contribution is 9.10. The lowest BCUT2D eigenvalue weighted by Crippen LogP contribution is -2.46. The first-order valence-corrected chi connectivity index (χ1v) is 9.62. The Balaban J connectivity index is 2.18. The molecule has 1 saturated carbocycles. The van der Waals surface area contributed by atoms with Crippen molar-refractivity contribution in [2.75, 3.05) is 0 Å². The molecule has 1 fully saturated rings. The lowest BCUT2D eigenvalue weighted by atomic mass is 9.80. The van der Waals surface area contributed by atoms with Crippen LogP contribution in [-0.2, 0) is 17.5 Å². The van der Waals surface area contributed by atoms with Gasteiger partial charge in [-0.05, 0) is 64.2 Å². The van der Waals surface area contributed by atoms with Gasteiger partial charge in [0.05, 0.1) is 4.75 Å². The van der Waals surface area contributed by atoms with Crippen LogP contribution in [0.1, 0.15) is 52.5 Å². The Hall–Kier alpha value is -0.190. The molecule has 0 spiro atoms. The van der Waals surface area contributed by atoms with Crippen LogP contribution >= 0.6 is 15.9 Å². The predicted octanol–water partition coefficient (Wildman–Crippen LogP) is 4.90. The summed E-state index contributed by atoms with van der Waals surface area (Å²) in [5.74, 6) is 0.701. The van der Waals surface area contributed by atoms with E-state index in [1.165, 1.54) is 24.8 Å². The molecule has 0 radical (unpaired) electrons. The molecular weight excluding hydrogens is 346 g/mol. The third-order valence-corrected chi connectivity index (χ3v) is 6.74. The zero-order valence-corrected chi connectivity index (χ0v) is 15.8. The Bertz CT molecular complexity index is 491. The number of nitrogens with zero attached hydrogens (tertiary/aromatic N) is 1. The van der Waals surface area contributed by atoms with Crippen molar-refractivity contribution >= 4 is 26.9 Å². The van der Waals surface area contributed by atoms with Crippen LogP contribution in [0.15, 0.2) is 28.7 Å². The molecule has 4 heteroatoms. The average molecular weight is 372 g/mol. The minimum atomic E-state index is -0.978. The van der Waals surface area contributed by atoms with Crippen molar-refractivity contribution in [1.82, 2.24) is 4.31 Å². The summed E-state index contributed by atoms with van der Waals surface area (Å²) in [6.07, 6.45) is 3.88. The fourth-order valence-electron chi connectivity index (χ4n) is 2.63. The van der Waals surface area contributed by atoms with Crippen LogP contribution in [-0.4, -0.2) is 19.3 Å². The Morgan fingerprint density at radius 1 is 1.29 bits per heavy atom. The highest BCUT2D eigenvalue weighted by Gasteiger charge is 2.35. The molecule has 1 aliphatic rings. The summed E-state index contributed by atoms with van der Waals surface area (Å²) in [5.41, 5.74) is 1.22. The van der Waals surface area contributed by atoms with Crippen LogP contribution in [0.3, 0.4) is 0 Å². The molecule has 1 aromatic rings. The smallest absolute Gasteiger partial charge is 0.100 e. The Labute approximate surface area is 140 Å². The SMILES string of the molecule is C[C@@H](C1CCC1)N(Cc1ccc(Br)cc1)S(=O)C(C)(C)C. The third-order valence-electron chi connectivity index (χ3n) is 4.27. The molecule has 2 atom stereocenters. The van der Waals surface area contributed by atoms with Crippen molar-refractivity contribution in [2.45, 2.75) is 64.3 Å². The van der Waals surface area contributed by atoms with Gasteiger partial charge in [-0.15, -0.1) is 0 Å². The molecule has 1 aliphatic carbocycles. The van der Waals surface area contributed by atoms with Gasteiger partial charge in [0.15, 0.2) is 0 Å². The summed E-state index contributed by atoms with van der Waals surface area (Å²) < 4.78 is 16.0.